The number of benzene rings is 1. The molecule has 0 atom stereocenters. The maximum absolute atomic E-state index is 15.0. The Bertz CT molecular complexity index is 1550. The minimum atomic E-state index is -0.652. The van der Waals surface area contributed by atoms with Gasteiger partial charge in [0.05, 0.1) is 11.7 Å². The van der Waals surface area contributed by atoms with Crippen LogP contribution in [0.2, 0.25) is 0 Å². The quantitative estimate of drug-likeness (QED) is 0.240. The number of guanidine groups is 1. The van der Waals surface area contributed by atoms with Crippen LogP contribution < -0.4 is 11.1 Å². The number of hydrogen-bond donors (Lipinski definition) is 3. The number of anilines is 2. The minimum absolute atomic E-state index is 0.00779. The average molecular weight is 535 g/mol. The zero-order valence-corrected chi connectivity index (χ0v) is 22.5. The van der Waals surface area contributed by atoms with E-state index in [9.17, 15) is 8.78 Å². The first-order valence-electron chi connectivity index (χ1n) is 12.8. The summed E-state index contributed by atoms with van der Waals surface area (Å²) >= 11 is 0. The van der Waals surface area contributed by atoms with Gasteiger partial charge in [-0.2, -0.15) is 0 Å². The average Bonchev–Trinajstić information content (AvgIpc) is 3.24. The van der Waals surface area contributed by atoms with Gasteiger partial charge >= 0.3 is 0 Å². The van der Waals surface area contributed by atoms with E-state index in [4.69, 9.17) is 16.1 Å². The zero-order chi connectivity index (χ0) is 27.8. The van der Waals surface area contributed by atoms with E-state index < -0.39 is 11.6 Å². The van der Waals surface area contributed by atoms with Crippen LogP contribution in [0.15, 0.2) is 30.5 Å². The van der Waals surface area contributed by atoms with E-state index in [1.165, 1.54) is 6.07 Å². The van der Waals surface area contributed by atoms with Gasteiger partial charge in [-0.1, -0.05) is 6.07 Å². The van der Waals surface area contributed by atoms with E-state index in [0.717, 1.165) is 43.5 Å². The molecule has 0 amide bonds. The monoisotopic (exact) mass is 534 g/mol. The first kappa shape index (κ1) is 26.4. The molecule has 10 nitrogen and oxygen atoms in total. The first-order chi connectivity index (χ1) is 18.6. The second-order valence-corrected chi connectivity index (χ2v) is 10.1. The number of aromatic nitrogens is 5. The van der Waals surface area contributed by atoms with Gasteiger partial charge in [-0.05, 0) is 44.5 Å². The Labute approximate surface area is 225 Å². The smallest absolute Gasteiger partial charge is 0.229 e. The van der Waals surface area contributed by atoms with Crippen molar-refractivity contribution in [2.24, 2.45) is 5.73 Å². The molecule has 4 heterocycles. The van der Waals surface area contributed by atoms with Crippen LogP contribution in [0.25, 0.3) is 22.3 Å². The van der Waals surface area contributed by atoms with Crippen LogP contribution in [-0.4, -0.2) is 66.9 Å². The highest BCUT2D eigenvalue weighted by Crippen LogP contribution is 2.30. The Kier molecular flexibility index (Phi) is 7.13. The fraction of sp³-hybridized carbons (Fsp3) is 0.370. The standard InChI is InChI=1S/C27H32F2N10/c1-15(2)39-16(3)33-25-19(28)11-18(12-22(25)39)24-20(29)13-32-27(36-24)35-23-6-5-17-14-38(8-7-21(17)34-23)10-9-37(4)26(30)31/h5-6,11-13,15H,7-10,14H2,1-4H3,(H3,30,31)(H,32,34,35,36). The largest absolute Gasteiger partial charge is 0.370 e. The molecule has 0 unspecified atom stereocenters. The van der Waals surface area contributed by atoms with Crippen LogP contribution in [0.5, 0.6) is 0 Å². The van der Waals surface area contributed by atoms with Crippen molar-refractivity contribution in [3.63, 3.8) is 0 Å². The number of nitrogens with one attached hydrogen (secondary N) is 2. The van der Waals surface area contributed by atoms with Gasteiger partial charge in [-0.15, -0.1) is 0 Å². The SMILES string of the molecule is Cc1nc2c(F)cc(-c3nc(Nc4ccc5c(n4)CCN(CCN(C)C(=N)N)C5)ncc3F)cc2n1C(C)C. The normalized spacial score (nSPS) is 13.6. The van der Waals surface area contributed by atoms with Gasteiger partial charge < -0.3 is 20.5 Å². The summed E-state index contributed by atoms with van der Waals surface area (Å²) in [6.45, 7) is 8.87. The molecule has 0 saturated carbocycles. The molecule has 1 aliphatic heterocycles. The van der Waals surface area contributed by atoms with E-state index >= 15 is 0 Å². The maximum atomic E-state index is 15.0. The molecule has 4 N–H and O–H groups in total. The predicted molar refractivity (Wildman–Crippen MR) is 147 cm³/mol. The van der Waals surface area contributed by atoms with Crippen LogP contribution in [0.3, 0.4) is 0 Å². The van der Waals surface area contributed by atoms with Crippen molar-refractivity contribution in [3.8, 4) is 11.3 Å². The number of fused-ring (bicyclic) bond motifs is 2. The fourth-order valence-corrected chi connectivity index (χ4v) is 4.95. The summed E-state index contributed by atoms with van der Waals surface area (Å²) in [5, 5.41) is 10.6. The predicted octanol–water partition coefficient (Wildman–Crippen LogP) is 3.98. The Morgan fingerprint density at radius 3 is 2.72 bits per heavy atom. The fourth-order valence-electron chi connectivity index (χ4n) is 4.95. The van der Waals surface area contributed by atoms with Gasteiger partial charge in [0.1, 0.15) is 22.9 Å². The van der Waals surface area contributed by atoms with Crippen LogP contribution >= 0.6 is 0 Å². The van der Waals surface area contributed by atoms with Crippen molar-refractivity contribution in [1.82, 2.24) is 34.3 Å². The lowest BCUT2D eigenvalue weighted by Crippen LogP contribution is -2.41. The van der Waals surface area contributed by atoms with Crippen LogP contribution in [0.4, 0.5) is 20.5 Å². The molecule has 0 aliphatic carbocycles. The van der Waals surface area contributed by atoms with Crippen molar-refractivity contribution < 1.29 is 8.78 Å². The van der Waals surface area contributed by atoms with Crippen molar-refractivity contribution in [1.29, 1.82) is 5.41 Å². The third-order valence-electron chi connectivity index (χ3n) is 6.99. The van der Waals surface area contributed by atoms with Crippen LogP contribution in [0.1, 0.15) is 37.0 Å². The summed E-state index contributed by atoms with van der Waals surface area (Å²) in [5.41, 5.74) is 8.76. The Morgan fingerprint density at radius 2 is 1.97 bits per heavy atom. The number of aryl methyl sites for hydroxylation is 1. The highest BCUT2D eigenvalue weighted by Gasteiger charge is 2.20. The molecule has 0 radical (unpaired) electrons. The summed E-state index contributed by atoms with van der Waals surface area (Å²) in [5.74, 6) is 0.269. The summed E-state index contributed by atoms with van der Waals surface area (Å²) in [6, 6.07) is 6.87. The summed E-state index contributed by atoms with van der Waals surface area (Å²) in [4.78, 5) is 21.6. The molecule has 12 heteroatoms. The second-order valence-electron chi connectivity index (χ2n) is 10.1. The summed E-state index contributed by atoms with van der Waals surface area (Å²) in [7, 11) is 1.80. The molecule has 1 aromatic carbocycles. The van der Waals surface area contributed by atoms with E-state index in [1.807, 2.05) is 37.5 Å². The lowest BCUT2D eigenvalue weighted by Gasteiger charge is -2.30. The van der Waals surface area contributed by atoms with Gasteiger partial charge in [-0.3, -0.25) is 10.3 Å². The Balaban J connectivity index is 1.36. The van der Waals surface area contributed by atoms with Gasteiger partial charge in [0.25, 0.3) is 0 Å². The molecule has 5 rings (SSSR count). The number of imidazole rings is 1. The van der Waals surface area contributed by atoms with Crippen molar-refractivity contribution in [3.05, 3.63) is 59.2 Å². The molecule has 1 aliphatic rings. The molecule has 39 heavy (non-hydrogen) atoms. The zero-order valence-electron chi connectivity index (χ0n) is 22.5. The molecule has 0 fully saturated rings. The molecule has 0 spiro atoms. The number of rotatable bonds is 7. The van der Waals surface area contributed by atoms with Crippen molar-refractivity contribution in [2.45, 2.75) is 39.8 Å². The van der Waals surface area contributed by atoms with E-state index in [-0.39, 0.29) is 29.2 Å². The summed E-state index contributed by atoms with van der Waals surface area (Å²) in [6.07, 6.45) is 1.85. The van der Waals surface area contributed by atoms with Crippen LogP contribution in [0, 0.1) is 24.0 Å². The lowest BCUT2D eigenvalue weighted by atomic mass is 10.1. The molecule has 0 saturated heterocycles. The summed E-state index contributed by atoms with van der Waals surface area (Å²) < 4.78 is 31.8. The van der Waals surface area contributed by atoms with Gasteiger partial charge in [-0.25, -0.2) is 28.7 Å². The number of hydrogen-bond acceptors (Lipinski definition) is 7. The van der Waals surface area contributed by atoms with E-state index in [1.54, 1.807) is 18.0 Å². The third-order valence-corrected chi connectivity index (χ3v) is 6.99. The number of likely N-dealkylation sites (N-methyl/N-ethyl adjacent to an activating group) is 1. The molecule has 204 valence electrons. The number of pyridine rings is 1. The Morgan fingerprint density at radius 1 is 1.18 bits per heavy atom. The Hall–Kier alpha value is -4.19. The third kappa shape index (κ3) is 5.37. The molecule has 3 aromatic heterocycles. The van der Waals surface area contributed by atoms with Crippen molar-refractivity contribution >= 4 is 28.8 Å². The molecule has 4 aromatic rings. The van der Waals surface area contributed by atoms with Gasteiger partial charge in [0, 0.05) is 56.9 Å². The van der Waals surface area contributed by atoms with Crippen molar-refractivity contribution in [2.75, 3.05) is 32.0 Å². The van der Waals surface area contributed by atoms with E-state index in [0.29, 0.717) is 29.3 Å². The van der Waals surface area contributed by atoms with Crippen LogP contribution in [-0.2, 0) is 13.0 Å². The topological polar surface area (TPSA) is 125 Å². The number of nitrogens with zero attached hydrogens (tertiary/aromatic N) is 7. The van der Waals surface area contributed by atoms with E-state index in [2.05, 4.69) is 25.2 Å². The number of nitrogens with two attached hydrogens (primary N) is 1. The maximum Gasteiger partial charge on any atom is 0.229 e. The van der Waals surface area contributed by atoms with Gasteiger partial charge in [0.15, 0.2) is 17.6 Å². The lowest BCUT2D eigenvalue weighted by molar-refractivity contribution is 0.235. The van der Waals surface area contributed by atoms with Gasteiger partial charge in [0.2, 0.25) is 5.95 Å². The number of halogens is 2. The molecular weight excluding hydrogens is 502 g/mol. The molecular formula is C27H32F2N10. The highest BCUT2D eigenvalue weighted by molar-refractivity contribution is 5.83. The second kappa shape index (κ2) is 10.5. The highest BCUT2D eigenvalue weighted by atomic mass is 19.1. The first-order valence-corrected chi connectivity index (χ1v) is 12.8. The minimum Gasteiger partial charge on any atom is -0.370 e. The molecule has 0 bridgehead atoms.